The van der Waals surface area contributed by atoms with E-state index < -0.39 is 10.0 Å². The molecule has 18 heavy (non-hydrogen) atoms. The molecule has 0 bridgehead atoms. The molecule has 3 N–H and O–H groups in total. The lowest BCUT2D eigenvalue weighted by molar-refractivity contribution is 0.588. The van der Waals surface area contributed by atoms with Crippen LogP contribution in [0.4, 0.5) is 5.69 Å². The molecular weight excluding hydrogens is 268 g/mol. The van der Waals surface area contributed by atoms with Gasteiger partial charge in [0.2, 0.25) is 10.0 Å². The van der Waals surface area contributed by atoms with Crippen molar-refractivity contribution in [2.45, 2.75) is 30.1 Å². The Morgan fingerprint density at radius 3 is 2.61 bits per heavy atom. The van der Waals surface area contributed by atoms with Crippen molar-refractivity contribution in [2.24, 2.45) is 5.92 Å². The van der Waals surface area contributed by atoms with E-state index in [1.54, 1.807) is 30.0 Å². The molecule has 0 amide bonds. The summed E-state index contributed by atoms with van der Waals surface area (Å²) in [5.41, 5.74) is 6.08. The van der Waals surface area contributed by atoms with Gasteiger partial charge in [-0.25, -0.2) is 13.1 Å². The van der Waals surface area contributed by atoms with E-state index in [4.69, 9.17) is 5.73 Å². The van der Waals surface area contributed by atoms with E-state index in [0.717, 1.165) is 17.1 Å². The fraction of sp³-hybridized carbons (Fsp3) is 0.500. The van der Waals surface area contributed by atoms with E-state index >= 15 is 0 Å². The van der Waals surface area contributed by atoms with Crippen LogP contribution >= 0.6 is 11.8 Å². The fourth-order valence-corrected chi connectivity index (χ4v) is 3.25. The highest BCUT2D eigenvalue weighted by Gasteiger charge is 2.15. The maximum atomic E-state index is 11.6. The summed E-state index contributed by atoms with van der Waals surface area (Å²) in [7, 11) is -2.09. The average Bonchev–Trinajstić information content (AvgIpc) is 2.35. The molecule has 4 nitrogen and oxygen atoms in total. The van der Waals surface area contributed by atoms with Gasteiger partial charge in [0, 0.05) is 10.6 Å². The third-order valence-corrected chi connectivity index (χ3v) is 5.58. The average molecular weight is 288 g/mol. The van der Waals surface area contributed by atoms with Crippen LogP contribution in [0.1, 0.15) is 20.3 Å². The highest BCUT2D eigenvalue weighted by atomic mass is 32.2. The number of hydrogen-bond donors (Lipinski definition) is 2. The number of thioether (sulfide) groups is 1. The standard InChI is InChI=1S/C12H20N2O2S2/c1-4-9(2)8-17-10-5-6-12(11(13)7-10)18(15,16)14-3/h5-7,9,14H,4,8,13H2,1-3H3. The molecule has 0 radical (unpaired) electrons. The van der Waals surface area contributed by atoms with Crippen LogP contribution in [0.15, 0.2) is 28.0 Å². The van der Waals surface area contributed by atoms with Gasteiger partial charge in [0.25, 0.3) is 0 Å². The Kier molecular flexibility index (Phi) is 5.49. The van der Waals surface area contributed by atoms with Gasteiger partial charge in [0.15, 0.2) is 0 Å². The number of sulfonamides is 1. The monoisotopic (exact) mass is 288 g/mol. The lowest BCUT2D eigenvalue weighted by Gasteiger charge is -2.10. The molecule has 1 atom stereocenters. The van der Waals surface area contributed by atoms with Gasteiger partial charge in [-0.05, 0) is 31.2 Å². The summed E-state index contributed by atoms with van der Waals surface area (Å²) in [5, 5.41) is 0. The van der Waals surface area contributed by atoms with Crippen molar-refractivity contribution >= 4 is 27.5 Å². The highest BCUT2D eigenvalue weighted by molar-refractivity contribution is 7.99. The van der Waals surface area contributed by atoms with Crippen molar-refractivity contribution in [3.8, 4) is 0 Å². The lowest BCUT2D eigenvalue weighted by atomic mass is 10.2. The maximum Gasteiger partial charge on any atom is 0.242 e. The van der Waals surface area contributed by atoms with Crippen LogP contribution in [0, 0.1) is 5.92 Å². The minimum Gasteiger partial charge on any atom is -0.398 e. The van der Waals surface area contributed by atoms with Crippen molar-refractivity contribution in [2.75, 3.05) is 18.5 Å². The van der Waals surface area contributed by atoms with Crippen LogP contribution in [-0.4, -0.2) is 21.2 Å². The van der Waals surface area contributed by atoms with Crippen LogP contribution in [0.3, 0.4) is 0 Å². The van der Waals surface area contributed by atoms with Crippen LogP contribution < -0.4 is 10.5 Å². The fourth-order valence-electron chi connectivity index (χ4n) is 1.33. The Morgan fingerprint density at radius 1 is 1.44 bits per heavy atom. The maximum absolute atomic E-state index is 11.6. The van der Waals surface area contributed by atoms with Gasteiger partial charge >= 0.3 is 0 Å². The van der Waals surface area contributed by atoms with E-state index in [1.807, 2.05) is 0 Å². The first-order chi connectivity index (χ1) is 8.40. The summed E-state index contributed by atoms with van der Waals surface area (Å²) < 4.78 is 25.6. The third kappa shape index (κ3) is 3.90. The first-order valence-corrected chi connectivity index (χ1v) is 8.33. The van der Waals surface area contributed by atoms with Crippen molar-refractivity contribution in [3.05, 3.63) is 18.2 Å². The molecule has 0 heterocycles. The van der Waals surface area contributed by atoms with Gasteiger partial charge in [0.1, 0.15) is 4.90 Å². The molecule has 6 heteroatoms. The Bertz CT molecular complexity index is 501. The first-order valence-electron chi connectivity index (χ1n) is 5.86. The van der Waals surface area contributed by atoms with Gasteiger partial charge < -0.3 is 5.73 Å². The summed E-state index contributed by atoms with van der Waals surface area (Å²) in [6, 6.07) is 5.07. The van der Waals surface area contributed by atoms with Crippen LogP contribution in [0.5, 0.6) is 0 Å². The van der Waals surface area contributed by atoms with Gasteiger partial charge in [-0.1, -0.05) is 20.3 Å². The van der Waals surface area contributed by atoms with E-state index in [2.05, 4.69) is 18.6 Å². The minimum absolute atomic E-state index is 0.137. The highest BCUT2D eigenvalue weighted by Crippen LogP contribution is 2.27. The summed E-state index contributed by atoms with van der Waals surface area (Å²) in [5.74, 6) is 1.64. The predicted octanol–water partition coefficient (Wildman–Crippen LogP) is 2.32. The molecule has 1 aromatic rings. The van der Waals surface area contributed by atoms with Crippen molar-refractivity contribution in [1.82, 2.24) is 4.72 Å². The molecule has 0 aliphatic carbocycles. The molecule has 1 aromatic carbocycles. The number of nitrogens with two attached hydrogens (primary N) is 1. The zero-order valence-electron chi connectivity index (χ0n) is 10.9. The summed E-state index contributed by atoms with van der Waals surface area (Å²) in [6.07, 6.45) is 1.13. The van der Waals surface area contributed by atoms with Crippen molar-refractivity contribution < 1.29 is 8.42 Å². The second-order valence-corrected chi connectivity index (χ2v) is 7.18. The molecule has 1 unspecified atom stereocenters. The molecular formula is C12H20N2O2S2. The molecule has 0 aliphatic rings. The molecule has 1 rings (SSSR count). The van der Waals surface area contributed by atoms with E-state index in [-0.39, 0.29) is 4.90 Å². The Morgan fingerprint density at radius 2 is 2.11 bits per heavy atom. The van der Waals surface area contributed by atoms with E-state index in [0.29, 0.717) is 11.6 Å². The largest absolute Gasteiger partial charge is 0.398 e. The lowest BCUT2D eigenvalue weighted by Crippen LogP contribution is -2.19. The second-order valence-electron chi connectivity index (χ2n) is 4.23. The second kappa shape index (κ2) is 6.45. The number of anilines is 1. The molecule has 0 aliphatic heterocycles. The summed E-state index contributed by atoms with van der Waals surface area (Å²) in [6.45, 7) is 4.35. The van der Waals surface area contributed by atoms with E-state index in [9.17, 15) is 8.42 Å². The SMILES string of the molecule is CCC(C)CSc1ccc(S(=O)(=O)NC)c(N)c1. The molecule has 102 valence electrons. The molecule has 0 spiro atoms. The van der Waals surface area contributed by atoms with Gasteiger partial charge in [-0.15, -0.1) is 11.8 Å². The predicted molar refractivity (Wildman–Crippen MR) is 77.3 cm³/mol. The van der Waals surface area contributed by atoms with Gasteiger partial charge in [-0.3, -0.25) is 0 Å². The molecule has 0 aromatic heterocycles. The number of rotatable bonds is 6. The summed E-state index contributed by atoms with van der Waals surface area (Å²) in [4.78, 5) is 1.14. The number of hydrogen-bond acceptors (Lipinski definition) is 4. The minimum atomic E-state index is -3.47. The quantitative estimate of drug-likeness (QED) is 0.622. The first kappa shape index (κ1) is 15.3. The topological polar surface area (TPSA) is 72.2 Å². The normalized spacial score (nSPS) is 13.5. The smallest absolute Gasteiger partial charge is 0.242 e. The summed E-state index contributed by atoms with van der Waals surface area (Å²) >= 11 is 1.70. The van der Waals surface area contributed by atoms with Crippen LogP contribution in [0.2, 0.25) is 0 Å². The van der Waals surface area contributed by atoms with Gasteiger partial charge in [-0.2, -0.15) is 0 Å². The molecule has 0 fully saturated rings. The Balaban J connectivity index is 2.87. The number of nitrogen functional groups attached to an aromatic ring is 1. The zero-order chi connectivity index (χ0) is 13.8. The molecule has 0 saturated carbocycles. The van der Waals surface area contributed by atoms with Gasteiger partial charge in [0.05, 0.1) is 5.69 Å². The number of benzene rings is 1. The number of nitrogens with one attached hydrogen (secondary N) is 1. The Hall–Kier alpha value is -0.720. The van der Waals surface area contributed by atoms with E-state index in [1.165, 1.54) is 7.05 Å². The third-order valence-electron chi connectivity index (χ3n) is 2.77. The van der Waals surface area contributed by atoms with Crippen LogP contribution in [-0.2, 0) is 10.0 Å². The molecule has 0 saturated heterocycles. The Labute approximate surface area is 113 Å². The zero-order valence-corrected chi connectivity index (χ0v) is 12.6. The van der Waals surface area contributed by atoms with Crippen molar-refractivity contribution in [3.63, 3.8) is 0 Å². The van der Waals surface area contributed by atoms with Crippen molar-refractivity contribution in [1.29, 1.82) is 0 Å². The van der Waals surface area contributed by atoms with Crippen LogP contribution in [0.25, 0.3) is 0 Å².